The maximum Gasteiger partial charge on any atom is 0.144 e. The van der Waals surface area contributed by atoms with Crippen molar-refractivity contribution >= 4 is 23.1 Å². The lowest BCUT2D eigenvalue weighted by atomic mass is 10.1. The molecule has 19 heavy (non-hydrogen) atoms. The predicted molar refractivity (Wildman–Crippen MR) is 85.4 cm³/mol. The first-order chi connectivity index (χ1) is 9.02. The molecule has 3 nitrogen and oxygen atoms in total. The van der Waals surface area contributed by atoms with Crippen LogP contribution in [0.15, 0.2) is 18.2 Å². The van der Waals surface area contributed by atoms with Crippen LogP contribution in [0, 0.1) is 0 Å². The molecule has 4 heteroatoms. The molecule has 1 aromatic rings. The summed E-state index contributed by atoms with van der Waals surface area (Å²) in [5.41, 5.74) is 7.87. The SMILES string of the molecule is CCOc1cc(N2CCSC(C)(C)CC2)ccc1N. The third kappa shape index (κ3) is 3.72. The molecule has 1 aliphatic heterocycles. The first-order valence-electron chi connectivity index (χ1n) is 6.93. The minimum absolute atomic E-state index is 0.380. The van der Waals surface area contributed by atoms with E-state index >= 15 is 0 Å². The summed E-state index contributed by atoms with van der Waals surface area (Å²) < 4.78 is 5.96. The smallest absolute Gasteiger partial charge is 0.144 e. The highest BCUT2D eigenvalue weighted by atomic mass is 32.2. The molecular formula is C15H24N2OS. The van der Waals surface area contributed by atoms with Gasteiger partial charge in [0.15, 0.2) is 0 Å². The van der Waals surface area contributed by atoms with E-state index in [0.717, 1.165) is 24.5 Å². The molecule has 0 bridgehead atoms. The van der Waals surface area contributed by atoms with E-state index in [1.54, 1.807) is 0 Å². The summed E-state index contributed by atoms with van der Waals surface area (Å²) in [6.07, 6.45) is 1.20. The number of thioether (sulfide) groups is 1. The number of nitrogens with two attached hydrogens (primary N) is 1. The Morgan fingerprint density at radius 2 is 2.16 bits per heavy atom. The third-order valence-electron chi connectivity index (χ3n) is 3.50. The second-order valence-corrected chi connectivity index (χ2v) is 7.30. The molecule has 0 unspecified atom stereocenters. The molecule has 1 aliphatic rings. The molecule has 1 heterocycles. The van der Waals surface area contributed by atoms with Gasteiger partial charge in [0.1, 0.15) is 5.75 Å². The molecule has 1 saturated heterocycles. The lowest BCUT2D eigenvalue weighted by molar-refractivity contribution is 0.342. The van der Waals surface area contributed by atoms with Crippen LogP contribution < -0.4 is 15.4 Å². The quantitative estimate of drug-likeness (QED) is 0.861. The van der Waals surface area contributed by atoms with Gasteiger partial charge in [0, 0.05) is 35.3 Å². The number of nitrogens with zero attached hydrogens (tertiary/aromatic N) is 1. The molecule has 0 aromatic heterocycles. The highest BCUT2D eigenvalue weighted by Crippen LogP contribution is 2.34. The van der Waals surface area contributed by atoms with Gasteiger partial charge in [-0.2, -0.15) is 11.8 Å². The minimum Gasteiger partial charge on any atom is -0.492 e. The Balaban J connectivity index is 2.15. The predicted octanol–water partition coefficient (Wildman–Crippen LogP) is 3.39. The van der Waals surface area contributed by atoms with Gasteiger partial charge in [-0.1, -0.05) is 13.8 Å². The van der Waals surface area contributed by atoms with E-state index in [-0.39, 0.29) is 0 Å². The summed E-state index contributed by atoms with van der Waals surface area (Å²) in [5, 5.41) is 0. The van der Waals surface area contributed by atoms with Crippen LogP contribution in [0.1, 0.15) is 27.2 Å². The molecule has 1 aromatic carbocycles. The minimum atomic E-state index is 0.380. The number of anilines is 2. The monoisotopic (exact) mass is 280 g/mol. The first kappa shape index (κ1) is 14.4. The second kappa shape index (κ2) is 5.95. The first-order valence-corrected chi connectivity index (χ1v) is 7.91. The Morgan fingerprint density at radius 1 is 1.37 bits per heavy atom. The average Bonchev–Trinajstić information content (AvgIpc) is 2.53. The fourth-order valence-corrected chi connectivity index (χ4v) is 3.38. The van der Waals surface area contributed by atoms with Crippen LogP contribution in [0.4, 0.5) is 11.4 Å². The molecule has 0 spiro atoms. The zero-order chi connectivity index (χ0) is 13.9. The van der Waals surface area contributed by atoms with E-state index in [9.17, 15) is 0 Å². The van der Waals surface area contributed by atoms with Crippen molar-refractivity contribution in [2.75, 3.05) is 36.1 Å². The summed E-state index contributed by atoms with van der Waals surface area (Å²) in [6.45, 7) is 9.47. The molecule has 0 amide bonds. The van der Waals surface area contributed by atoms with E-state index in [0.29, 0.717) is 11.4 Å². The van der Waals surface area contributed by atoms with Crippen molar-refractivity contribution in [2.45, 2.75) is 31.9 Å². The third-order valence-corrected chi connectivity index (χ3v) is 4.87. The number of nitrogen functional groups attached to an aromatic ring is 1. The van der Waals surface area contributed by atoms with Gasteiger partial charge < -0.3 is 15.4 Å². The Morgan fingerprint density at radius 3 is 2.89 bits per heavy atom. The zero-order valence-corrected chi connectivity index (χ0v) is 12.9. The number of ether oxygens (including phenoxy) is 1. The van der Waals surface area contributed by atoms with E-state index in [4.69, 9.17) is 10.5 Å². The van der Waals surface area contributed by atoms with Crippen LogP contribution in [-0.2, 0) is 0 Å². The molecule has 2 N–H and O–H groups in total. The zero-order valence-electron chi connectivity index (χ0n) is 12.1. The molecule has 0 radical (unpaired) electrons. The summed E-state index contributed by atoms with van der Waals surface area (Å²) in [4.78, 5) is 2.43. The van der Waals surface area contributed by atoms with Gasteiger partial charge >= 0.3 is 0 Å². The van der Waals surface area contributed by atoms with E-state index in [2.05, 4.69) is 42.6 Å². The summed E-state index contributed by atoms with van der Waals surface area (Å²) in [5.74, 6) is 1.97. The average molecular weight is 280 g/mol. The van der Waals surface area contributed by atoms with Crippen LogP contribution in [0.5, 0.6) is 5.75 Å². The van der Waals surface area contributed by atoms with E-state index < -0.39 is 0 Å². The summed E-state index contributed by atoms with van der Waals surface area (Å²) in [6, 6.07) is 6.12. The number of hydrogen-bond acceptors (Lipinski definition) is 4. The van der Waals surface area contributed by atoms with Gasteiger partial charge in [-0.25, -0.2) is 0 Å². The normalized spacial score (nSPS) is 19.0. The van der Waals surface area contributed by atoms with Crippen molar-refractivity contribution < 1.29 is 4.74 Å². The van der Waals surface area contributed by atoms with Crippen molar-refractivity contribution in [1.82, 2.24) is 0 Å². The molecule has 0 aliphatic carbocycles. The van der Waals surface area contributed by atoms with Gasteiger partial charge in [-0.05, 0) is 25.5 Å². The Kier molecular flexibility index (Phi) is 4.50. The Hall–Kier alpha value is -1.03. The van der Waals surface area contributed by atoms with E-state index in [1.807, 2.05) is 13.0 Å². The Bertz CT molecular complexity index is 434. The standard InChI is InChI=1S/C15H24N2OS/c1-4-18-14-11-12(5-6-13(14)16)17-8-7-15(2,3)19-10-9-17/h5-6,11H,4,7-10,16H2,1-3H3. The van der Waals surface area contributed by atoms with Gasteiger partial charge in [-0.3, -0.25) is 0 Å². The van der Waals surface area contributed by atoms with Crippen LogP contribution in [0.3, 0.4) is 0 Å². The van der Waals surface area contributed by atoms with Gasteiger partial charge in [-0.15, -0.1) is 0 Å². The van der Waals surface area contributed by atoms with Crippen molar-refractivity contribution in [1.29, 1.82) is 0 Å². The largest absolute Gasteiger partial charge is 0.492 e. The van der Waals surface area contributed by atoms with E-state index in [1.165, 1.54) is 17.9 Å². The van der Waals surface area contributed by atoms with Crippen molar-refractivity contribution in [3.8, 4) is 5.75 Å². The number of benzene rings is 1. The fraction of sp³-hybridized carbons (Fsp3) is 0.600. The van der Waals surface area contributed by atoms with Gasteiger partial charge in [0.25, 0.3) is 0 Å². The molecule has 0 saturated carbocycles. The lowest BCUT2D eigenvalue weighted by Gasteiger charge is -2.25. The van der Waals surface area contributed by atoms with Gasteiger partial charge in [0.05, 0.1) is 12.3 Å². The van der Waals surface area contributed by atoms with Crippen molar-refractivity contribution in [3.63, 3.8) is 0 Å². The topological polar surface area (TPSA) is 38.5 Å². The fourth-order valence-electron chi connectivity index (χ4n) is 2.28. The molecule has 0 atom stereocenters. The maximum absolute atomic E-state index is 5.93. The summed E-state index contributed by atoms with van der Waals surface area (Å²) >= 11 is 2.06. The highest BCUT2D eigenvalue weighted by Gasteiger charge is 2.24. The van der Waals surface area contributed by atoms with Gasteiger partial charge in [0.2, 0.25) is 0 Å². The summed E-state index contributed by atoms with van der Waals surface area (Å²) in [7, 11) is 0. The van der Waals surface area contributed by atoms with Crippen molar-refractivity contribution in [2.24, 2.45) is 0 Å². The highest BCUT2D eigenvalue weighted by molar-refractivity contribution is 8.00. The van der Waals surface area contributed by atoms with Crippen molar-refractivity contribution in [3.05, 3.63) is 18.2 Å². The second-order valence-electron chi connectivity index (χ2n) is 5.50. The molecule has 106 valence electrons. The number of rotatable bonds is 3. The number of hydrogen-bond donors (Lipinski definition) is 1. The van der Waals surface area contributed by atoms with Crippen LogP contribution in [0.25, 0.3) is 0 Å². The molecular weight excluding hydrogens is 256 g/mol. The molecule has 1 fully saturated rings. The maximum atomic E-state index is 5.93. The van der Waals surface area contributed by atoms with Crippen LogP contribution >= 0.6 is 11.8 Å². The molecule has 2 rings (SSSR count). The van der Waals surface area contributed by atoms with Crippen LogP contribution in [-0.4, -0.2) is 30.2 Å². The Labute approximate surface area is 120 Å². The van der Waals surface area contributed by atoms with Crippen LogP contribution in [0.2, 0.25) is 0 Å². The lowest BCUT2D eigenvalue weighted by Crippen LogP contribution is -2.26.